The molecule has 3 rings (SSSR count). The topological polar surface area (TPSA) is 49.4 Å². The number of nitrogens with zero attached hydrogens (tertiary/aromatic N) is 1. The van der Waals surface area contributed by atoms with E-state index in [-0.39, 0.29) is 0 Å². The lowest BCUT2D eigenvalue weighted by Gasteiger charge is -2.41. The number of nitrogens with one attached hydrogen (secondary N) is 1. The number of sulfonamides is 1. The minimum Gasteiger partial charge on any atom is -0.386 e. The Morgan fingerprint density at radius 1 is 1.12 bits per heavy atom. The summed E-state index contributed by atoms with van der Waals surface area (Å²) in [7, 11) is -3.52. The molecule has 1 aliphatic carbocycles. The van der Waals surface area contributed by atoms with E-state index >= 15 is 0 Å². The first kappa shape index (κ1) is 17.8. The van der Waals surface area contributed by atoms with Crippen LogP contribution in [0.5, 0.6) is 0 Å². The van der Waals surface area contributed by atoms with Crippen molar-refractivity contribution in [3.8, 4) is 0 Å². The lowest BCUT2D eigenvalue weighted by molar-refractivity contribution is 0.172. The largest absolute Gasteiger partial charge is 0.386 e. The third kappa shape index (κ3) is 2.67. The van der Waals surface area contributed by atoms with Crippen molar-refractivity contribution >= 4 is 26.5 Å². The van der Waals surface area contributed by atoms with Gasteiger partial charge in [0.15, 0.2) is 0 Å². The van der Waals surface area contributed by atoms with Gasteiger partial charge >= 0.3 is 0 Å². The molecule has 1 spiro atoms. The summed E-state index contributed by atoms with van der Waals surface area (Å²) in [5, 5.41) is 4.02. The fraction of sp³-hybridized carbons (Fsp3) is 0.556. The Bertz CT molecular complexity index is 735. The van der Waals surface area contributed by atoms with E-state index in [1.807, 2.05) is 26.0 Å². The van der Waals surface area contributed by atoms with E-state index in [0.29, 0.717) is 23.0 Å². The molecule has 1 aromatic rings. The maximum absolute atomic E-state index is 13.4. The Labute approximate surface area is 149 Å². The van der Waals surface area contributed by atoms with Gasteiger partial charge in [-0.3, -0.25) is 0 Å². The van der Waals surface area contributed by atoms with Gasteiger partial charge in [0.1, 0.15) is 4.91 Å². The van der Waals surface area contributed by atoms with Crippen LogP contribution < -0.4 is 5.32 Å². The Kier molecular flexibility index (Phi) is 4.96. The van der Waals surface area contributed by atoms with Crippen LogP contribution in [0.2, 0.25) is 5.02 Å². The number of benzene rings is 1. The zero-order valence-corrected chi connectivity index (χ0v) is 15.9. The lowest BCUT2D eigenvalue weighted by atomic mass is 9.78. The molecule has 2 aliphatic rings. The summed E-state index contributed by atoms with van der Waals surface area (Å²) in [6, 6.07) is 7.13. The summed E-state index contributed by atoms with van der Waals surface area (Å²) in [5.41, 5.74) is 1.20. The van der Waals surface area contributed by atoms with Gasteiger partial charge in [0.05, 0.1) is 11.2 Å². The normalized spacial score (nSPS) is 23.0. The first-order chi connectivity index (χ1) is 11.5. The van der Waals surface area contributed by atoms with Gasteiger partial charge in [0.2, 0.25) is 10.0 Å². The van der Waals surface area contributed by atoms with Gasteiger partial charge in [0.25, 0.3) is 0 Å². The molecule has 1 fully saturated rings. The molecule has 6 heteroatoms. The van der Waals surface area contributed by atoms with Crippen LogP contribution in [-0.2, 0) is 10.0 Å². The standard InChI is InChI=1S/C18H25ClN2O2S/c1-3-20-17-16(14-8-10-15(19)11-9-14)24(22,23)21(4-2)18(17)12-6-5-7-13-18/h8-11,20H,3-7,12-13H2,1-2H3. The van der Waals surface area contributed by atoms with Gasteiger partial charge in [-0.25, -0.2) is 8.42 Å². The molecule has 24 heavy (non-hydrogen) atoms. The fourth-order valence-corrected chi connectivity index (χ4v) is 6.60. The summed E-state index contributed by atoms with van der Waals surface area (Å²) in [6.07, 6.45) is 5.08. The Morgan fingerprint density at radius 2 is 1.75 bits per heavy atom. The second-order valence-corrected chi connectivity index (χ2v) is 8.74. The molecule has 1 saturated carbocycles. The zero-order valence-electron chi connectivity index (χ0n) is 14.3. The minimum absolute atomic E-state index is 0.406. The van der Waals surface area contributed by atoms with Crippen LogP contribution in [0.15, 0.2) is 30.0 Å². The fourth-order valence-electron chi connectivity index (χ4n) is 4.23. The van der Waals surface area contributed by atoms with Gasteiger partial charge in [-0.2, -0.15) is 4.31 Å². The summed E-state index contributed by atoms with van der Waals surface area (Å²) >= 11 is 5.99. The second-order valence-electron chi connectivity index (χ2n) is 6.50. The molecule has 0 bridgehead atoms. The third-order valence-electron chi connectivity index (χ3n) is 5.15. The SMILES string of the molecule is CCNC1=C(c2ccc(Cl)cc2)S(=O)(=O)N(CC)C12CCCCC2. The molecule has 4 nitrogen and oxygen atoms in total. The molecular formula is C18H25ClN2O2S. The molecule has 132 valence electrons. The summed E-state index contributed by atoms with van der Waals surface area (Å²) in [4.78, 5) is 0.435. The lowest BCUT2D eigenvalue weighted by Crippen LogP contribution is -2.51. The van der Waals surface area contributed by atoms with Crippen molar-refractivity contribution in [2.75, 3.05) is 13.1 Å². The van der Waals surface area contributed by atoms with Crippen molar-refractivity contribution in [1.29, 1.82) is 0 Å². The summed E-state index contributed by atoms with van der Waals surface area (Å²) in [5.74, 6) is 0. The van der Waals surface area contributed by atoms with Crippen LogP contribution in [0.4, 0.5) is 0 Å². The monoisotopic (exact) mass is 368 g/mol. The van der Waals surface area contributed by atoms with Gasteiger partial charge in [0, 0.05) is 18.1 Å². The highest BCUT2D eigenvalue weighted by molar-refractivity contribution is 7.98. The van der Waals surface area contributed by atoms with E-state index in [1.54, 1.807) is 16.4 Å². The van der Waals surface area contributed by atoms with Crippen molar-refractivity contribution in [3.05, 3.63) is 40.5 Å². The predicted molar refractivity (Wildman–Crippen MR) is 99.2 cm³/mol. The Balaban J connectivity index is 2.24. The van der Waals surface area contributed by atoms with Crippen LogP contribution >= 0.6 is 11.6 Å². The number of likely N-dealkylation sites (N-methyl/N-ethyl adjacent to an activating group) is 2. The molecule has 0 radical (unpaired) electrons. The molecule has 1 aliphatic heterocycles. The second kappa shape index (κ2) is 6.70. The zero-order chi connectivity index (χ0) is 17.4. The highest BCUT2D eigenvalue weighted by atomic mass is 35.5. The smallest absolute Gasteiger partial charge is 0.246 e. The van der Waals surface area contributed by atoms with Crippen molar-refractivity contribution < 1.29 is 8.42 Å². The predicted octanol–water partition coefficient (Wildman–Crippen LogP) is 3.99. The van der Waals surface area contributed by atoms with Crippen molar-refractivity contribution in [1.82, 2.24) is 9.62 Å². The Hall–Kier alpha value is -1.04. The van der Waals surface area contributed by atoms with Crippen molar-refractivity contribution in [2.24, 2.45) is 0 Å². The summed E-state index contributed by atoms with van der Waals surface area (Å²) < 4.78 is 28.4. The average Bonchev–Trinajstić information content (AvgIpc) is 2.73. The maximum atomic E-state index is 13.4. The molecule has 0 aromatic heterocycles. The molecule has 0 saturated heterocycles. The maximum Gasteiger partial charge on any atom is 0.246 e. The van der Waals surface area contributed by atoms with E-state index in [9.17, 15) is 8.42 Å². The van der Waals surface area contributed by atoms with E-state index in [1.165, 1.54) is 6.42 Å². The first-order valence-corrected chi connectivity index (χ1v) is 10.6. The van der Waals surface area contributed by atoms with Crippen LogP contribution in [0.3, 0.4) is 0 Å². The quantitative estimate of drug-likeness (QED) is 0.874. The van der Waals surface area contributed by atoms with Gasteiger partial charge in [-0.15, -0.1) is 0 Å². The molecule has 0 unspecified atom stereocenters. The highest BCUT2D eigenvalue weighted by Gasteiger charge is 2.55. The first-order valence-electron chi connectivity index (χ1n) is 8.75. The van der Waals surface area contributed by atoms with Crippen LogP contribution in [0.25, 0.3) is 4.91 Å². The van der Waals surface area contributed by atoms with Crippen molar-refractivity contribution in [3.63, 3.8) is 0 Å². The third-order valence-corrected chi connectivity index (χ3v) is 7.54. The summed E-state index contributed by atoms with van der Waals surface area (Å²) in [6.45, 7) is 5.15. The highest BCUT2D eigenvalue weighted by Crippen LogP contribution is 2.50. The number of rotatable bonds is 4. The van der Waals surface area contributed by atoms with E-state index < -0.39 is 15.6 Å². The number of hydrogen-bond donors (Lipinski definition) is 1. The van der Waals surface area contributed by atoms with Gasteiger partial charge in [-0.05, 0) is 37.5 Å². The van der Waals surface area contributed by atoms with Crippen LogP contribution in [0.1, 0.15) is 51.5 Å². The van der Waals surface area contributed by atoms with Gasteiger partial charge < -0.3 is 5.32 Å². The molecule has 0 atom stereocenters. The number of halogens is 1. The molecule has 1 N–H and O–H groups in total. The van der Waals surface area contributed by atoms with E-state index in [4.69, 9.17) is 11.6 Å². The molecule has 1 aromatic carbocycles. The van der Waals surface area contributed by atoms with E-state index in [2.05, 4.69) is 5.32 Å². The van der Waals surface area contributed by atoms with E-state index in [0.717, 1.165) is 36.9 Å². The van der Waals surface area contributed by atoms with Gasteiger partial charge in [-0.1, -0.05) is 49.9 Å². The van der Waals surface area contributed by atoms with Crippen LogP contribution in [0, 0.1) is 0 Å². The minimum atomic E-state index is -3.52. The number of hydrogen-bond acceptors (Lipinski definition) is 3. The van der Waals surface area contributed by atoms with Crippen molar-refractivity contribution in [2.45, 2.75) is 51.5 Å². The molecular weight excluding hydrogens is 344 g/mol. The molecule has 1 heterocycles. The van der Waals surface area contributed by atoms with Crippen LogP contribution in [-0.4, -0.2) is 31.4 Å². The molecule has 0 amide bonds. The Morgan fingerprint density at radius 3 is 2.29 bits per heavy atom. The average molecular weight is 369 g/mol.